The van der Waals surface area contributed by atoms with Crippen molar-refractivity contribution in [3.8, 4) is 11.1 Å². The van der Waals surface area contributed by atoms with Gasteiger partial charge in [0.1, 0.15) is 0 Å². The van der Waals surface area contributed by atoms with E-state index in [1.807, 2.05) is 12.1 Å². The molecule has 0 unspecified atom stereocenters. The molecule has 0 bridgehead atoms. The lowest BCUT2D eigenvalue weighted by Gasteiger charge is -2.26. The third kappa shape index (κ3) is 3.85. The molecule has 0 N–H and O–H groups in total. The minimum atomic E-state index is 0.777. The van der Waals surface area contributed by atoms with Gasteiger partial charge in [-0.25, -0.2) is 0 Å². The van der Waals surface area contributed by atoms with E-state index in [1.54, 1.807) is 0 Å². The first kappa shape index (κ1) is 18.0. The number of halogens is 1. The van der Waals surface area contributed by atoms with Crippen LogP contribution in [0, 0.1) is 0 Å². The molecule has 0 aromatic heterocycles. The van der Waals surface area contributed by atoms with Crippen LogP contribution in [0.25, 0.3) is 16.7 Å². The summed E-state index contributed by atoms with van der Waals surface area (Å²) < 4.78 is 0. The van der Waals surface area contributed by atoms with Gasteiger partial charge in [-0.2, -0.15) is 0 Å². The van der Waals surface area contributed by atoms with E-state index >= 15 is 0 Å². The molecule has 0 saturated heterocycles. The van der Waals surface area contributed by atoms with Crippen LogP contribution in [0.15, 0.2) is 78.4 Å². The van der Waals surface area contributed by atoms with Crippen LogP contribution < -0.4 is 0 Å². The molecule has 3 aromatic rings. The SMILES string of the molecule is CN(C)CC1=C(c2ccccc2)c2ccc(-c3ccc(Cl)cc3)cc2CC1. The molecule has 1 aliphatic carbocycles. The quantitative estimate of drug-likeness (QED) is 0.517. The molecule has 2 heteroatoms. The first-order valence-electron chi connectivity index (χ1n) is 9.43. The van der Waals surface area contributed by atoms with Crippen molar-refractivity contribution < 1.29 is 0 Å². The van der Waals surface area contributed by atoms with Crippen LogP contribution in [0.3, 0.4) is 0 Å². The minimum absolute atomic E-state index is 0.777. The average molecular weight is 374 g/mol. The molecule has 27 heavy (non-hydrogen) atoms. The van der Waals surface area contributed by atoms with Crippen molar-refractivity contribution >= 4 is 17.2 Å². The van der Waals surface area contributed by atoms with Crippen LogP contribution in [0.1, 0.15) is 23.1 Å². The van der Waals surface area contributed by atoms with E-state index in [2.05, 4.69) is 79.7 Å². The van der Waals surface area contributed by atoms with Crippen LogP contribution in [0.5, 0.6) is 0 Å². The maximum absolute atomic E-state index is 6.05. The maximum atomic E-state index is 6.05. The van der Waals surface area contributed by atoms with Crippen molar-refractivity contribution in [1.82, 2.24) is 4.90 Å². The number of fused-ring (bicyclic) bond motifs is 1. The Kier molecular flexibility index (Phi) is 5.15. The van der Waals surface area contributed by atoms with E-state index in [4.69, 9.17) is 11.6 Å². The second-order valence-electron chi connectivity index (χ2n) is 7.46. The zero-order valence-electron chi connectivity index (χ0n) is 15.9. The van der Waals surface area contributed by atoms with Crippen LogP contribution in [0.2, 0.25) is 5.02 Å². The van der Waals surface area contributed by atoms with Gasteiger partial charge >= 0.3 is 0 Å². The largest absolute Gasteiger partial charge is 0.305 e. The summed E-state index contributed by atoms with van der Waals surface area (Å²) in [6.07, 6.45) is 2.20. The molecule has 0 fully saturated rings. The molecule has 0 aliphatic heterocycles. The van der Waals surface area contributed by atoms with Gasteiger partial charge in [-0.05, 0) is 78.0 Å². The number of aryl methyl sites for hydroxylation is 1. The van der Waals surface area contributed by atoms with E-state index < -0.39 is 0 Å². The standard InChI is InChI=1S/C25H24ClN/c1-27(2)17-22-9-8-21-16-20(18-10-13-23(26)14-11-18)12-15-24(21)25(22)19-6-4-3-5-7-19/h3-7,10-16H,8-9,17H2,1-2H3. The van der Waals surface area contributed by atoms with Crippen LogP contribution in [0.4, 0.5) is 0 Å². The summed E-state index contributed by atoms with van der Waals surface area (Å²) in [5, 5.41) is 0.777. The molecule has 0 heterocycles. The Morgan fingerprint density at radius 3 is 2.19 bits per heavy atom. The van der Waals surface area contributed by atoms with E-state index in [1.165, 1.54) is 39.0 Å². The Morgan fingerprint density at radius 1 is 0.778 bits per heavy atom. The van der Waals surface area contributed by atoms with Gasteiger partial charge in [-0.3, -0.25) is 0 Å². The molecule has 3 aromatic carbocycles. The lowest BCUT2D eigenvalue weighted by molar-refractivity contribution is 0.439. The Morgan fingerprint density at radius 2 is 1.48 bits per heavy atom. The predicted octanol–water partition coefficient (Wildman–Crippen LogP) is 6.32. The molecule has 0 amide bonds. The normalized spacial score (nSPS) is 13.8. The van der Waals surface area contributed by atoms with E-state index in [9.17, 15) is 0 Å². The first-order valence-corrected chi connectivity index (χ1v) is 9.81. The third-order valence-corrected chi connectivity index (χ3v) is 5.42. The number of hydrogen-bond donors (Lipinski definition) is 0. The summed E-state index contributed by atoms with van der Waals surface area (Å²) in [6.45, 7) is 1.00. The van der Waals surface area contributed by atoms with E-state index in [0.717, 1.165) is 24.4 Å². The first-order chi connectivity index (χ1) is 13.1. The van der Waals surface area contributed by atoms with Crippen molar-refractivity contribution in [3.63, 3.8) is 0 Å². The third-order valence-electron chi connectivity index (χ3n) is 5.17. The topological polar surface area (TPSA) is 3.24 Å². The summed E-state index contributed by atoms with van der Waals surface area (Å²) in [4.78, 5) is 2.27. The molecule has 1 aliphatic rings. The van der Waals surface area contributed by atoms with Gasteiger partial charge < -0.3 is 4.90 Å². The second-order valence-corrected chi connectivity index (χ2v) is 7.90. The summed E-state index contributed by atoms with van der Waals surface area (Å²) in [7, 11) is 4.30. The van der Waals surface area contributed by atoms with Crippen molar-refractivity contribution in [2.45, 2.75) is 12.8 Å². The summed E-state index contributed by atoms with van der Waals surface area (Å²) in [5.41, 5.74) is 9.53. The van der Waals surface area contributed by atoms with Gasteiger partial charge in [0.2, 0.25) is 0 Å². The highest BCUT2D eigenvalue weighted by molar-refractivity contribution is 6.30. The lowest BCUT2D eigenvalue weighted by atomic mass is 9.81. The monoisotopic (exact) mass is 373 g/mol. The highest BCUT2D eigenvalue weighted by Crippen LogP contribution is 2.38. The smallest absolute Gasteiger partial charge is 0.0406 e. The zero-order valence-corrected chi connectivity index (χ0v) is 16.6. The summed E-state index contributed by atoms with van der Waals surface area (Å²) >= 11 is 6.05. The Labute approximate surface area is 166 Å². The molecule has 1 nitrogen and oxygen atoms in total. The fraction of sp³-hybridized carbons (Fsp3) is 0.200. The summed E-state index contributed by atoms with van der Waals surface area (Å²) in [5.74, 6) is 0. The molecular weight excluding hydrogens is 350 g/mol. The van der Waals surface area contributed by atoms with Crippen molar-refractivity contribution in [3.05, 3.63) is 100 Å². The molecular formula is C25H24ClN. The van der Waals surface area contributed by atoms with Crippen LogP contribution in [-0.2, 0) is 6.42 Å². The fourth-order valence-corrected chi connectivity index (χ4v) is 4.10. The van der Waals surface area contributed by atoms with Gasteiger partial charge in [0.15, 0.2) is 0 Å². The Hall–Kier alpha value is -2.35. The van der Waals surface area contributed by atoms with Crippen LogP contribution >= 0.6 is 11.6 Å². The Balaban J connectivity index is 1.81. The highest BCUT2D eigenvalue weighted by atomic mass is 35.5. The van der Waals surface area contributed by atoms with E-state index in [0.29, 0.717) is 0 Å². The molecule has 4 rings (SSSR count). The second kappa shape index (κ2) is 7.72. The van der Waals surface area contributed by atoms with Gasteiger partial charge in [-0.1, -0.05) is 72.3 Å². The van der Waals surface area contributed by atoms with Crippen molar-refractivity contribution in [1.29, 1.82) is 0 Å². The number of benzene rings is 3. The highest BCUT2D eigenvalue weighted by Gasteiger charge is 2.21. The zero-order chi connectivity index (χ0) is 18.8. The summed E-state index contributed by atoms with van der Waals surface area (Å²) in [6, 6.07) is 25.8. The Bertz CT molecular complexity index is 969. The lowest BCUT2D eigenvalue weighted by Crippen LogP contribution is -2.19. The molecule has 0 radical (unpaired) electrons. The minimum Gasteiger partial charge on any atom is -0.305 e. The maximum Gasteiger partial charge on any atom is 0.0406 e. The van der Waals surface area contributed by atoms with Gasteiger partial charge in [0.25, 0.3) is 0 Å². The predicted molar refractivity (Wildman–Crippen MR) is 116 cm³/mol. The average Bonchev–Trinajstić information content (AvgIpc) is 2.68. The van der Waals surface area contributed by atoms with Gasteiger partial charge in [0, 0.05) is 11.6 Å². The van der Waals surface area contributed by atoms with Crippen molar-refractivity contribution in [2.24, 2.45) is 0 Å². The number of rotatable bonds is 4. The van der Waals surface area contributed by atoms with Gasteiger partial charge in [0.05, 0.1) is 0 Å². The molecule has 0 spiro atoms. The van der Waals surface area contributed by atoms with Crippen molar-refractivity contribution in [2.75, 3.05) is 20.6 Å². The number of nitrogens with zero attached hydrogens (tertiary/aromatic N) is 1. The van der Waals surface area contributed by atoms with Gasteiger partial charge in [-0.15, -0.1) is 0 Å². The van der Waals surface area contributed by atoms with E-state index in [-0.39, 0.29) is 0 Å². The molecule has 136 valence electrons. The number of hydrogen-bond acceptors (Lipinski definition) is 1. The molecule has 0 saturated carbocycles. The molecule has 0 atom stereocenters. The number of likely N-dealkylation sites (N-methyl/N-ethyl adjacent to an activating group) is 1. The fourth-order valence-electron chi connectivity index (χ4n) is 3.97. The van der Waals surface area contributed by atoms with Crippen LogP contribution in [-0.4, -0.2) is 25.5 Å².